The van der Waals surface area contributed by atoms with Gasteiger partial charge in [-0.25, -0.2) is 14.2 Å². The van der Waals surface area contributed by atoms with Crippen molar-refractivity contribution in [2.24, 2.45) is 5.92 Å². The average molecular weight is 605 g/mol. The second-order valence-corrected chi connectivity index (χ2v) is 11.5. The molecule has 1 saturated heterocycles. The van der Waals surface area contributed by atoms with E-state index < -0.39 is 0 Å². The molecule has 0 unspecified atom stereocenters. The van der Waals surface area contributed by atoms with Crippen LogP contribution in [-0.2, 0) is 19.5 Å². The zero-order valence-corrected chi connectivity index (χ0v) is 24.6. The summed E-state index contributed by atoms with van der Waals surface area (Å²) in [5.41, 5.74) is 2.59. The molecule has 0 bridgehead atoms. The number of thiophene rings is 1. The van der Waals surface area contributed by atoms with Crippen LogP contribution in [0.25, 0.3) is 21.3 Å². The van der Waals surface area contributed by atoms with E-state index in [4.69, 9.17) is 4.98 Å². The summed E-state index contributed by atoms with van der Waals surface area (Å²) in [7, 11) is 0. The lowest BCUT2D eigenvalue weighted by molar-refractivity contribution is 0.176. The lowest BCUT2D eigenvalue weighted by Gasteiger charge is -2.32. The van der Waals surface area contributed by atoms with Crippen molar-refractivity contribution in [2.45, 2.75) is 39.3 Å². The second kappa shape index (κ2) is 12.7. The largest absolute Gasteiger partial charge is 0.329 e. The van der Waals surface area contributed by atoms with Gasteiger partial charge in [0.25, 0.3) is 5.56 Å². The molecule has 2 aromatic carbocycles. The topological polar surface area (TPSA) is 75.9 Å². The van der Waals surface area contributed by atoms with Crippen LogP contribution in [0, 0.1) is 18.7 Å². The number of aromatic nitrogens is 4. The summed E-state index contributed by atoms with van der Waals surface area (Å²) >= 11 is 1.44. The number of nitrogens with zero attached hydrogens (tertiary/aromatic N) is 4. The van der Waals surface area contributed by atoms with Crippen molar-refractivity contribution in [2.75, 3.05) is 19.6 Å². The van der Waals surface area contributed by atoms with Crippen LogP contribution >= 0.6 is 36.2 Å². The molecule has 3 aromatic heterocycles. The third-order valence-corrected chi connectivity index (χ3v) is 8.57. The molecule has 7 nitrogen and oxygen atoms in total. The van der Waals surface area contributed by atoms with Crippen molar-refractivity contribution in [1.82, 2.24) is 24.0 Å². The molecule has 0 saturated carbocycles. The Labute approximate surface area is 247 Å². The van der Waals surface area contributed by atoms with Gasteiger partial charge in [0, 0.05) is 30.9 Å². The fraction of sp³-hybridized carbons (Fsp3) is 0.345. The first-order valence-electron chi connectivity index (χ1n) is 13.1. The van der Waals surface area contributed by atoms with Crippen LogP contribution in [0.5, 0.6) is 0 Å². The highest BCUT2D eigenvalue weighted by atomic mass is 35.5. The van der Waals surface area contributed by atoms with Crippen LogP contribution in [0.2, 0.25) is 0 Å². The van der Waals surface area contributed by atoms with Gasteiger partial charge in [0.05, 0.1) is 16.4 Å². The first-order chi connectivity index (χ1) is 18.4. The van der Waals surface area contributed by atoms with E-state index in [1.807, 2.05) is 43.3 Å². The monoisotopic (exact) mass is 603 g/mol. The summed E-state index contributed by atoms with van der Waals surface area (Å²) in [4.78, 5) is 37.2. The molecule has 0 radical (unpaired) electrons. The minimum atomic E-state index is -0.334. The maximum atomic E-state index is 13.4. The van der Waals surface area contributed by atoms with Crippen molar-refractivity contribution >= 4 is 57.4 Å². The van der Waals surface area contributed by atoms with Crippen LogP contribution in [0.3, 0.4) is 0 Å². The minimum absolute atomic E-state index is 0. The number of para-hydroxylation sites is 2. The number of rotatable bonds is 7. The Hall–Kier alpha value is -2.98. The molecule has 4 heterocycles. The molecule has 40 heavy (non-hydrogen) atoms. The van der Waals surface area contributed by atoms with Gasteiger partial charge in [-0.05, 0) is 74.7 Å². The molecule has 1 aliphatic heterocycles. The van der Waals surface area contributed by atoms with Crippen molar-refractivity contribution in [3.8, 4) is 0 Å². The lowest BCUT2D eigenvalue weighted by atomic mass is 9.93. The van der Waals surface area contributed by atoms with Gasteiger partial charge in [0.2, 0.25) is 0 Å². The van der Waals surface area contributed by atoms with Gasteiger partial charge in [-0.2, -0.15) is 0 Å². The van der Waals surface area contributed by atoms with E-state index in [0.29, 0.717) is 35.8 Å². The molecule has 212 valence electrons. The van der Waals surface area contributed by atoms with E-state index in [0.717, 1.165) is 59.7 Å². The predicted octanol–water partition coefficient (Wildman–Crippen LogP) is 5.40. The van der Waals surface area contributed by atoms with E-state index in [2.05, 4.69) is 20.5 Å². The van der Waals surface area contributed by atoms with E-state index in [9.17, 15) is 14.0 Å². The van der Waals surface area contributed by atoms with Gasteiger partial charge >= 0.3 is 5.69 Å². The Bertz CT molecular complexity index is 1720. The summed E-state index contributed by atoms with van der Waals surface area (Å²) in [6, 6.07) is 16.7. The normalized spacial score (nSPS) is 14.3. The molecule has 1 N–H and O–H groups in total. The van der Waals surface area contributed by atoms with Crippen molar-refractivity contribution in [3.05, 3.63) is 97.5 Å². The molecule has 0 atom stereocenters. The highest BCUT2D eigenvalue weighted by Gasteiger charge is 2.23. The maximum absolute atomic E-state index is 13.4. The van der Waals surface area contributed by atoms with E-state index in [-0.39, 0.29) is 41.9 Å². The van der Waals surface area contributed by atoms with E-state index in [1.54, 1.807) is 0 Å². The Morgan fingerprint density at radius 1 is 1.00 bits per heavy atom. The molecule has 11 heteroatoms. The van der Waals surface area contributed by atoms with Gasteiger partial charge < -0.3 is 9.47 Å². The van der Waals surface area contributed by atoms with Crippen LogP contribution < -0.4 is 11.2 Å². The number of benzene rings is 2. The van der Waals surface area contributed by atoms with Gasteiger partial charge in [0.1, 0.15) is 16.5 Å². The number of hydrogen-bond acceptors (Lipinski definition) is 5. The standard InChI is InChI=1S/C29H30FN5O2S.2ClH/c1-19-16-23-27(38-19)32-29(37)34(28(23)36)15-14-33-12-10-20(11-13-33)17-26-31-24-4-2-3-5-25(24)35(26)18-21-6-8-22(30)9-7-21;;/h2-9,16,20H,10-15,17-18H2,1H3,(H,32,37);2*1H. The second-order valence-electron chi connectivity index (χ2n) is 10.2. The van der Waals surface area contributed by atoms with Gasteiger partial charge in [-0.3, -0.25) is 14.3 Å². The highest BCUT2D eigenvalue weighted by Crippen LogP contribution is 2.25. The number of aryl methyl sites for hydroxylation is 1. The van der Waals surface area contributed by atoms with Gasteiger partial charge in [-0.15, -0.1) is 36.2 Å². The number of aromatic amines is 1. The number of piperidine rings is 1. The summed E-state index contributed by atoms with van der Waals surface area (Å²) in [6.07, 6.45) is 2.96. The molecule has 0 amide bonds. The smallest absolute Gasteiger partial charge is 0.323 e. The number of likely N-dealkylation sites (tertiary alicyclic amines) is 1. The van der Waals surface area contributed by atoms with Crippen LogP contribution in [0.15, 0.2) is 64.2 Å². The minimum Gasteiger partial charge on any atom is -0.323 e. The van der Waals surface area contributed by atoms with Crippen molar-refractivity contribution in [1.29, 1.82) is 0 Å². The fourth-order valence-electron chi connectivity index (χ4n) is 5.52. The predicted molar refractivity (Wildman–Crippen MR) is 164 cm³/mol. The zero-order chi connectivity index (χ0) is 26.2. The first kappa shape index (κ1) is 30.0. The van der Waals surface area contributed by atoms with Gasteiger partial charge in [0.15, 0.2) is 0 Å². The average Bonchev–Trinajstić information content (AvgIpc) is 3.45. The lowest BCUT2D eigenvalue weighted by Crippen LogP contribution is -2.41. The van der Waals surface area contributed by atoms with E-state index >= 15 is 0 Å². The van der Waals surface area contributed by atoms with Crippen LogP contribution in [-0.4, -0.2) is 43.6 Å². The molecule has 0 aliphatic carbocycles. The number of halogens is 3. The van der Waals surface area contributed by atoms with Crippen LogP contribution in [0.4, 0.5) is 4.39 Å². The molecule has 5 aromatic rings. The Morgan fingerprint density at radius 2 is 1.73 bits per heavy atom. The third-order valence-electron chi connectivity index (χ3n) is 7.60. The molecule has 6 rings (SSSR count). The number of nitrogens with one attached hydrogen (secondary N) is 1. The van der Waals surface area contributed by atoms with Crippen molar-refractivity contribution in [3.63, 3.8) is 0 Å². The number of fused-ring (bicyclic) bond motifs is 2. The summed E-state index contributed by atoms with van der Waals surface area (Å²) in [6.45, 7) is 5.51. The summed E-state index contributed by atoms with van der Waals surface area (Å²) in [5.74, 6) is 1.34. The Morgan fingerprint density at radius 3 is 2.48 bits per heavy atom. The van der Waals surface area contributed by atoms with E-state index in [1.165, 1.54) is 28.0 Å². The van der Waals surface area contributed by atoms with Crippen molar-refractivity contribution < 1.29 is 4.39 Å². The molecular weight excluding hydrogens is 572 g/mol. The molecule has 1 aliphatic rings. The number of imidazole rings is 1. The SMILES string of the molecule is Cc1cc2c(=O)n(CCN3CCC(Cc4nc5ccccc5n4Cc4ccc(F)cc4)CC3)c(=O)[nH]c2s1.Cl.Cl. The Balaban J connectivity index is 0.00000185. The Kier molecular flexibility index (Phi) is 9.51. The van der Waals surface area contributed by atoms with Gasteiger partial charge in [-0.1, -0.05) is 24.3 Å². The molecule has 0 spiro atoms. The fourth-order valence-corrected chi connectivity index (χ4v) is 6.41. The molecule has 1 fully saturated rings. The first-order valence-corrected chi connectivity index (χ1v) is 13.9. The highest BCUT2D eigenvalue weighted by molar-refractivity contribution is 7.18. The summed E-state index contributed by atoms with van der Waals surface area (Å²) in [5, 5.41) is 0.592. The quantitative estimate of drug-likeness (QED) is 0.270. The third kappa shape index (κ3) is 6.17. The molecular formula is C29H32Cl2FN5O2S. The maximum Gasteiger partial charge on any atom is 0.329 e. The summed E-state index contributed by atoms with van der Waals surface area (Å²) < 4.78 is 17.0. The number of hydrogen-bond donors (Lipinski definition) is 1. The number of H-pyrrole nitrogens is 1. The zero-order valence-electron chi connectivity index (χ0n) is 22.1. The van der Waals surface area contributed by atoms with Crippen LogP contribution in [0.1, 0.15) is 29.1 Å².